The number of benzene rings is 1. The zero-order valence-electron chi connectivity index (χ0n) is 14.2. The topological polar surface area (TPSA) is 102 Å². The zero-order valence-corrected chi connectivity index (χ0v) is 14.2. The lowest BCUT2D eigenvalue weighted by Gasteiger charge is -2.16. The maximum atomic E-state index is 12.0. The third kappa shape index (κ3) is 5.45. The first kappa shape index (κ1) is 18.2. The van der Waals surface area contributed by atoms with Gasteiger partial charge in [-0.3, -0.25) is 14.4 Å². The number of hydrogen-bond acceptors (Lipinski definition) is 6. The molecule has 8 nitrogen and oxygen atoms in total. The summed E-state index contributed by atoms with van der Waals surface area (Å²) in [6.07, 6.45) is 0. The van der Waals surface area contributed by atoms with E-state index in [2.05, 4.69) is 10.5 Å². The highest BCUT2D eigenvalue weighted by molar-refractivity contribution is 5.94. The largest absolute Gasteiger partial charge is 0.484 e. The normalized spacial score (nSPS) is 10.2. The van der Waals surface area contributed by atoms with Crippen molar-refractivity contribution in [2.24, 2.45) is 0 Å². The number of hydrogen-bond donors (Lipinski definition) is 1. The molecule has 2 aromatic rings. The monoisotopic (exact) mass is 345 g/mol. The van der Waals surface area contributed by atoms with Crippen molar-refractivity contribution in [3.05, 3.63) is 41.7 Å². The first-order chi connectivity index (χ1) is 11.8. The molecule has 8 heteroatoms. The molecule has 1 aromatic carbocycles. The van der Waals surface area contributed by atoms with Crippen LogP contribution in [-0.4, -0.2) is 47.9 Å². The second-order valence-corrected chi connectivity index (χ2v) is 5.49. The minimum Gasteiger partial charge on any atom is -0.484 e. The van der Waals surface area contributed by atoms with Crippen molar-refractivity contribution in [3.8, 4) is 5.75 Å². The number of likely N-dealkylation sites (N-methyl/N-ethyl adjacent to an activating group) is 1. The van der Waals surface area contributed by atoms with Crippen LogP contribution < -0.4 is 10.1 Å². The maximum absolute atomic E-state index is 12.0. The van der Waals surface area contributed by atoms with E-state index in [1.165, 1.54) is 18.9 Å². The Morgan fingerprint density at radius 3 is 2.48 bits per heavy atom. The van der Waals surface area contributed by atoms with Gasteiger partial charge in [0.2, 0.25) is 5.91 Å². The second-order valence-electron chi connectivity index (χ2n) is 5.49. The number of carbonyl (C=O) groups is 3. The van der Waals surface area contributed by atoms with Crippen molar-refractivity contribution >= 4 is 23.4 Å². The molecule has 0 unspecified atom stereocenters. The molecule has 0 saturated heterocycles. The van der Waals surface area contributed by atoms with E-state index in [1.54, 1.807) is 37.3 Å². The molecule has 0 radical (unpaired) electrons. The van der Waals surface area contributed by atoms with E-state index in [0.717, 1.165) is 0 Å². The maximum Gasteiger partial charge on any atom is 0.260 e. The Morgan fingerprint density at radius 2 is 1.92 bits per heavy atom. The summed E-state index contributed by atoms with van der Waals surface area (Å²) in [5, 5.41) is 6.17. The van der Waals surface area contributed by atoms with Crippen LogP contribution in [0.1, 0.15) is 23.0 Å². The average molecular weight is 345 g/mol. The van der Waals surface area contributed by atoms with Crippen molar-refractivity contribution in [1.82, 2.24) is 10.1 Å². The van der Waals surface area contributed by atoms with Crippen LogP contribution in [-0.2, 0) is 9.59 Å². The number of nitrogens with one attached hydrogen (secondary N) is 1. The van der Waals surface area contributed by atoms with Crippen molar-refractivity contribution < 1.29 is 23.6 Å². The molecule has 0 saturated carbocycles. The molecule has 0 aliphatic heterocycles. The number of rotatable bonds is 7. The van der Waals surface area contributed by atoms with Crippen LogP contribution in [0.4, 0.5) is 5.82 Å². The Balaban J connectivity index is 1.79. The van der Waals surface area contributed by atoms with E-state index in [1.807, 2.05) is 0 Å². The van der Waals surface area contributed by atoms with Crippen LogP contribution in [0.5, 0.6) is 5.75 Å². The number of aromatic nitrogens is 1. The fourth-order valence-electron chi connectivity index (χ4n) is 1.95. The summed E-state index contributed by atoms with van der Waals surface area (Å²) in [4.78, 5) is 36.3. The van der Waals surface area contributed by atoms with Gasteiger partial charge in [-0.05, 0) is 38.1 Å². The molecule has 1 heterocycles. The highest BCUT2D eigenvalue weighted by atomic mass is 16.5. The van der Waals surface area contributed by atoms with Crippen LogP contribution >= 0.6 is 0 Å². The van der Waals surface area contributed by atoms with Gasteiger partial charge in [0.1, 0.15) is 11.5 Å². The van der Waals surface area contributed by atoms with E-state index in [0.29, 0.717) is 22.9 Å². The van der Waals surface area contributed by atoms with E-state index in [9.17, 15) is 14.4 Å². The molecule has 0 bridgehead atoms. The predicted molar refractivity (Wildman–Crippen MR) is 89.4 cm³/mol. The Morgan fingerprint density at radius 1 is 1.24 bits per heavy atom. The fourth-order valence-corrected chi connectivity index (χ4v) is 1.95. The van der Waals surface area contributed by atoms with Gasteiger partial charge in [0, 0.05) is 18.7 Å². The third-order valence-electron chi connectivity index (χ3n) is 3.33. The third-order valence-corrected chi connectivity index (χ3v) is 3.33. The molecule has 1 aromatic heterocycles. The van der Waals surface area contributed by atoms with Crippen molar-refractivity contribution in [2.75, 3.05) is 25.5 Å². The summed E-state index contributed by atoms with van der Waals surface area (Å²) >= 11 is 0. The zero-order chi connectivity index (χ0) is 18.4. The average Bonchev–Trinajstić information content (AvgIpc) is 2.97. The molecule has 0 atom stereocenters. The number of ketones is 1. The van der Waals surface area contributed by atoms with Crippen molar-refractivity contribution in [2.45, 2.75) is 13.8 Å². The Kier molecular flexibility index (Phi) is 5.89. The lowest BCUT2D eigenvalue weighted by atomic mass is 10.1. The Labute approximate surface area is 144 Å². The number of Topliss-reactive ketones (excluding diaryl/α,β-unsaturated/α-hetero) is 1. The van der Waals surface area contributed by atoms with Gasteiger partial charge in [-0.1, -0.05) is 5.16 Å². The first-order valence-electron chi connectivity index (χ1n) is 7.56. The van der Waals surface area contributed by atoms with Gasteiger partial charge in [0.25, 0.3) is 5.91 Å². The highest BCUT2D eigenvalue weighted by Gasteiger charge is 2.15. The molecular weight excluding hydrogens is 326 g/mol. The van der Waals surface area contributed by atoms with Gasteiger partial charge in [0.15, 0.2) is 18.2 Å². The van der Waals surface area contributed by atoms with Crippen LogP contribution in [0.15, 0.2) is 34.9 Å². The van der Waals surface area contributed by atoms with Gasteiger partial charge < -0.3 is 19.5 Å². The van der Waals surface area contributed by atoms with Gasteiger partial charge in [-0.15, -0.1) is 0 Å². The Hall–Kier alpha value is -3.16. The predicted octanol–water partition coefficient (Wildman–Crippen LogP) is 1.66. The van der Waals surface area contributed by atoms with Gasteiger partial charge in [-0.2, -0.15) is 0 Å². The van der Waals surface area contributed by atoms with E-state index < -0.39 is 5.91 Å². The summed E-state index contributed by atoms with van der Waals surface area (Å²) in [7, 11) is 1.50. The summed E-state index contributed by atoms with van der Waals surface area (Å²) in [5.74, 6) is 0.538. The lowest BCUT2D eigenvalue weighted by molar-refractivity contribution is -0.135. The molecule has 132 valence electrons. The number of aryl methyl sites for hydroxylation is 1. The van der Waals surface area contributed by atoms with Crippen LogP contribution in [0.2, 0.25) is 0 Å². The quantitative estimate of drug-likeness (QED) is 0.766. The number of ether oxygens (including phenoxy) is 1. The minimum absolute atomic E-state index is 0.0457. The molecule has 0 aliphatic rings. The molecular formula is C17H19N3O5. The van der Waals surface area contributed by atoms with Gasteiger partial charge in [0.05, 0.1) is 6.54 Å². The highest BCUT2D eigenvalue weighted by Crippen LogP contribution is 2.12. The molecule has 2 rings (SSSR count). The van der Waals surface area contributed by atoms with E-state index in [4.69, 9.17) is 9.26 Å². The van der Waals surface area contributed by atoms with E-state index >= 15 is 0 Å². The number of carbonyl (C=O) groups excluding carboxylic acids is 3. The Bertz CT molecular complexity index is 767. The summed E-state index contributed by atoms with van der Waals surface area (Å²) in [6, 6.07) is 8.05. The molecule has 2 amide bonds. The standard InChI is InChI=1S/C17H19N3O5/c1-11-8-15(19-25-11)18-16(22)9-20(3)17(23)10-24-14-6-4-13(5-7-14)12(2)21/h4-8H,9-10H2,1-3H3,(H,18,19,22). The second kappa shape index (κ2) is 8.09. The number of amides is 2. The van der Waals surface area contributed by atoms with Crippen LogP contribution in [0, 0.1) is 6.92 Å². The SMILES string of the molecule is CC(=O)c1ccc(OCC(=O)N(C)CC(=O)Nc2cc(C)on2)cc1. The number of anilines is 1. The van der Waals surface area contributed by atoms with Gasteiger partial charge >= 0.3 is 0 Å². The van der Waals surface area contributed by atoms with E-state index in [-0.39, 0.29) is 24.8 Å². The molecule has 0 spiro atoms. The van der Waals surface area contributed by atoms with Crippen LogP contribution in [0.3, 0.4) is 0 Å². The first-order valence-corrected chi connectivity index (χ1v) is 7.56. The van der Waals surface area contributed by atoms with Gasteiger partial charge in [-0.25, -0.2) is 0 Å². The fraction of sp³-hybridized carbons (Fsp3) is 0.294. The minimum atomic E-state index is -0.394. The molecule has 0 aliphatic carbocycles. The van der Waals surface area contributed by atoms with Crippen molar-refractivity contribution in [3.63, 3.8) is 0 Å². The van der Waals surface area contributed by atoms with Crippen molar-refractivity contribution in [1.29, 1.82) is 0 Å². The molecule has 25 heavy (non-hydrogen) atoms. The molecule has 1 N–H and O–H groups in total. The number of nitrogens with zero attached hydrogens (tertiary/aromatic N) is 2. The molecule has 0 fully saturated rings. The smallest absolute Gasteiger partial charge is 0.260 e. The summed E-state index contributed by atoms with van der Waals surface area (Å²) in [6.45, 7) is 2.82. The summed E-state index contributed by atoms with van der Waals surface area (Å²) < 4.78 is 10.2. The van der Waals surface area contributed by atoms with Crippen LogP contribution in [0.25, 0.3) is 0 Å². The lowest BCUT2D eigenvalue weighted by Crippen LogP contribution is -2.37. The summed E-state index contributed by atoms with van der Waals surface area (Å²) in [5.41, 5.74) is 0.565.